The van der Waals surface area contributed by atoms with Crippen molar-refractivity contribution in [2.45, 2.75) is 51.2 Å². The van der Waals surface area contributed by atoms with E-state index >= 15 is 0 Å². The Morgan fingerprint density at radius 2 is 1.37 bits per heavy atom. The van der Waals surface area contributed by atoms with Crippen LogP contribution in [0.25, 0.3) is 11.1 Å². The molecule has 1 saturated carbocycles. The van der Waals surface area contributed by atoms with Crippen LogP contribution in [0.2, 0.25) is 0 Å². The standard InChI is InChI=1S/C33H34N2O3/c36-32(34(24-31-17-10-22-38-31)23-26-11-4-1-5-12-26)25-35(30-15-8-3-9-16-30)33(37)29-20-18-28(19-21-29)27-13-6-2-7-14-27/h1-2,4-7,10-14,17-22,30H,3,8-9,15-16,23-25H2. The largest absolute Gasteiger partial charge is 0.467 e. The van der Waals surface area contributed by atoms with E-state index in [2.05, 4.69) is 12.1 Å². The monoisotopic (exact) mass is 506 g/mol. The van der Waals surface area contributed by atoms with E-state index in [1.165, 1.54) is 6.42 Å². The number of hydrogen-bond donors (Lipinski definition) is 0. The second kappa shape index (κ2) is 12.4. The SMILES string of the molecule is O=C(CN(C(=O)c1ccc(-c2ccccc2)cc1)C1CCCCC1)N(Cc1ccccc1)Cc1ccco1. The number of nitrogens with zero attached hydrogens (tertiary/aromatic N) is 2. The summed E-state index contributed by atoms with van der Waals surface area (Å²) in [5.41, 5.74) is 3.83. The van der Waals surface area contributed by atoms with E-state index in [1.807, 2.05) is 89.8 Å². The molecule has 1 aliphatic rings. The van der Waals surface area contributed by atoms with Crippen LogP contribution >= 0.6 is 0 Å². The summed E-state index contributed by atoms with van der Waals surface area (Å²) in [6, 6.07) is 31.6. The Hall–Kier alpha value is -4.12. The minimum Gasteiger partial charge on any atom is -0.467 e. The van der Waals surface area contributed by atoms with Crippen LogP contribution in [-0.2, 0) is 17.9 Å². The normalized spacial score (nSPS) is 13.7. The molecule has 194 valence electrons. The van der Waals surface area contributed by atoms with Crippen LogP contribution in [0.1, 0.15) is 53.8 Å². The molecule has 0 aliphatic heterocycles. The molecule has 0 atom stereocenters. The van der Waals surface area contributed by atoms with Gasteiger partial charge in [0.2, 0.25) is 5.91 Å². The molecule has 1 aliphatic carbocycles. The molecule has 0 bridgehead atoms. The lowest BCUT2D eigenvalue weighted by molar-refractivity contribution is -0.134. The quantitative estimate of drug-likeness (QED) is 0.247. The third-order valence-corrected chi connectivity index (χ3v) is 7.32. The maximum Gasteiger partial charge on any atom is 0.254 e. The highest BCUT2D eigenvalue weighted by molar-refractivity contribution is 5.97. The molecule has 5 rings (SSSR count). The number of hydrogen-bond acceptors (Lipinski definition) is 3. The fraction of sp³-hybridized carbons (Fsp3) is 0.273. The first-order valence-electron chi connectivity index (χ1n) is 13.5. The van der Waals surface area contributed by atoms with Crippen molar-refractivity contribution in [1.29, 1.82) is 0 Å². The summed E-state index contributed by atoms with van der Waals surface area (Å²) in [6.07, 6.45) is 6.82. The Morgan fingerprint density at radius 3 is 2.03 bits per heavy atom. The predicted octanol–water partition coefficient (Wildman–Crippen LogP) is 6.95. The van der Waals surface area contributed by atoms with Crippen LogP contribution in [-0.4, -0.2) is 34.2 Å². The van der Waals surface area contributed by atoms with Gasteiger partial charge in [-0.15, -0.1) is 0 Å². The summed E-state index contributed by atoms with van der Waals surface area (Å²) < 4.78 is 5.56. The van der Waals surface area contributed by atoms with Gasteiger partial charge in [0.25, 0.3) is 5.91 Å². The molecular weight excluding hydrogens is 472 g/mol. The molecule has 0 saturated heterocycles. The van der Waals surface area contributed by atoms with Gasteiger partial charge < -0.3 is 14.2 Å². The zero-order chi connectivity index (χ0) is 26.2. The van der Waals surface area contributed by atoms with Crippen molar-refractivity contribution in [1.82, 2.24) is 9.80 Å². The molecule has 0 spiro atoms. The Bertz CT molecular complexity index is 1300. The predicted molar refractivity (Wildman–Crippen MR) is 149 cm³/mol. The smallest absolute Gasteiger partial charge is 0.254 e. The first-order chi connectivity index (χ1) is 18.7. The molecule has 0 radical (unpaired) electrons. The Labute approximate surface area is 224 Å². The summed E-state index contributed by atoms with van der Waals surface area (Å²) in [4.78, 5) is 31.3. The lowest BCUT2D eigenvalue weighted by atomic mass is 9.93. The molecule has 3 aromatic carbocycles. The third-order valence-electron chi connectivity index (χ3n) is 7.32. The summed E-state index contributed by atoms with van der Waals surface area (Å²) >= 11 is 0. The topological polar surface area (TPSA) is 53.8 Å². The lowest BCUT2D eigenvalue weighted by Gasteiger charge is -2.35. The van der Waals surface area contributed by atoms with Crippen LogP contribution in [0, 0.1) is 0 Å². The minimum atomic E-state index is -0.0810. The van der Waals surface area contributed by atoms with Gasteiger partial charge in [0, 0.05) is 18.2 Å². The van der Waals surface area contributed by atoms with Gasteiger partial charge in [-0.3, -0.25) is 9.59 Å². The molecule has 38 heavy (non-hydrogen) atoms. The summed E-state index contributed by atoms with van der Waals surface area (Å²) in [5, 5.41) is 0. The summed E-state index contributed by atoms with van der Waals surface area (Å²) in [7, 11) is 0. The van der Waals surface area contributed by atoms with E-state index in [9.17, 15) is 9.59 Å². The van der Waals surface area contributed by atoms with E-state index in [1.54, 1.807) is 11.2 Å². The first-order valence-corrected chi connectivity index (χ1v) is 13.5. The van der Waals surface area contributed by atoms with Crippen molar-refractivity contribution in [2.75, 3.05) is 6.54 Å². The van der Waals surface area contributed by atoms with Crippen LogP contribution < -0.4 is 0 Å². The van der Waals surface area contributed by atoms with Gasteiger partial charge in [-0.2, -0.15) is 0 Å². The van der Waals surface area contributed by atoms with Gasteiger partial charge >= 0.3 is 0 Å². The van der Waals surface area contributed by atoms with E-state index in [-0.39, 0.29) is 24.4 Å². The maximum absolute atomic E-state index is 13.9. The van der Waals surface area contributed by atoms with Crippen LogP contribution in [0.3, 0.4) is 0 Å². The van der Waals surface area contributed by atoms with Gasteiger partial charge in [0.05, 0.1) is 12.8 Å². The lowest BCUT2D eigenvalue weighted by Crippen LogP contribution is -2.48. The van der Waals surface area contributed by atoms with E-state index in [0.29, 0.717) is 18.7 Å². The van der Waals surface area contributed by atoms with Crippen molar-refractivity contribution in [3.63, 3.8) is 0 Å². The van der Waals surface area contributed by atoms with Gasteiger partial charge in [0.1, 0.15) is 12.3 Å². The molecule has 4 aromatic rings. The summed E-state index contributed by atoms with van der Waals surface area (Å²) in [5.74, 6) is 0.564. The molecule has 1 heterocycles. The molecule has 5 heteroatoms. The highest BCUT2D eigenvalue weighted by Crippen LogP contribution is 2.26. The molecule has 1 fully saturated rings. The Balaban J connectivity index is 1.37. The number of benzene rings is 3. The van der Waals surface area contributed by atoms with Crippen molar-refractivity contribution < 1.29 is 14.0 Å². The molecule has 0 N–H and O–H groups in total. The van der Waals surface area contributed by atoms with Gasteiger partial charge in [-0.05, 0) is 53.8 Å². The fourth-order valence-electron chi connectivity index (χ4n) is 5.23. The second-order valence-electron chi connectivity index (χ2n) is 9.98. The number of furan rings is 1. The number of rotatable bonds is 9. The third kappa shape index (κ3) is 6.41. The number of carbonyl (C=O) groups is 2. The van der Waals surface area contributed by atoms with E-state index < -0.39 is 0 Å². The molecule has 1 aromatic heterocycles. The highest BCUT2D eigenvalue weighted by atomic mass is 16.3. The molecule has 0 unspecified atom stereocenters. The molecule has 5 nitrogen and oxygen atoms in total. The van der Waals surface area contributed by atoms with Crippen molar-refractivity contribution >= 4 is 11.8 Å². The van der Waals surface area contributed by atoms with Crippen molar-refractivity contribution in [3.05, 3.63) is 120 Å². The van der Waals surface area contributed by atoms with Crippen LogP contribution in [0.4, 0.5) is 0 Å². The average molecular weight is 507 g/mol. The van der Waals surface area contributed by atoms with E-state index in [0.717, 1.165) is 48.1 Å². The number of amides is 2. The number of carbonyl (C=O) groups excluding carboxylic acids is 2. The highest BCUT2D eigenvalue weighted by Gasteiger charge is 2.30. The van der Waals surface area contributed by atoms with Gasteiger partial charge in [0.15, 0.2) is 0 Å². The van der Waals surface area contributed by atoms with Gasteiger partial charge in [-0.25, -0.2) is 0 Å². The zero-order valence-electron chi connectivity index (χ0n) is 21.7. The minimum absolute atomic E-state index is 0.0531. The second-order valence-corrected chi connectivity index (χ2v) is 9.98. The molecular formula is C33H34N2O3. The maximum atomic E-state index is 13.9. The fourth-order valence-corrected chi connectivity index (χ4v) is 5.23. The molecule has 2 amide bonds. The summed E-state index contributed by atoms with van der Waals surface area (Å²) in [6.45, 7) is 0.871. The van der Waals surface area contributed by atoms with Crippen LogP contribution in [0.15, 0.2) is 108 Å². The Morgan fingerprint density at radius 1 is 0.711 bits per heavy atom. The zero-order valence-corrected chi connectivity index (χ0v) is 21.7. The Kier molecular flexibility index (Phi) is 8.34. The van der Waals surface area contributed by atoms with E-state index in [4.69, 9.17) is 4.42 Å². The van der Waals surface area contributed by atoms with Crippen molar-refractivity contribution in [2.24, 2.45) is 0 Å². The first kappa shape index (κ1) is 25.5. The van der Waals surface area contributed by atoms with Crippen molar-refractivity contribution in [3.8, 4) is 11.1 Å². The average Bonchev–Trinajstić information content (AvgIpc) is 3.50. The van der Waals surface area contributed by atoms with Gasteiger partial charge in [-0.1, -0.05) is 92.1 Å². The van der Waals surface area contributed by atoms with Crippen LogP contribution in [0.5, 0.6) is 0 Å².